The number of piperazine rings is 1. The van der Waals surface area contributed by atoms with E-state index in [1.165, 1.54) is 9.91 Å². The summed E-state index contributed by atoms with van der Waals surface area (Å²) >= 11 is 0. The summed E-state index contributed by atoms with van der Waals surface area (Å²) in [6.45, 7) is 4.16. The molecule has 2 aliphatic rings. The zero-order chi connectivity index (χ0) is 37.6. The highest BCUT2D eigenvalue weighted by atomic mass is 16.6. The van der Waals surface area contributed by atoms with E-state index in [9.17, 15) is 29.1 Å². The third-order valence-electron chi connectivity index (χ3n) is 9.37. The van der Waals surface area contributed by atoms with Crippen molar-refractivity contribution in [2.45, 2.75) is 58.0 Å². The number of nitrogens with zero attached hydrogens (tertiary/aromatic N) is 5. The van der Waals surface area contributed by atoms with Gasteiger partial charge in [-0.3, -0.25) is 14.6 Å². The van der Waals surface area contributed by atoms with Gasteiger partial charge in [-0.15, -0.1) is 0 Å². The number of carbonyl (C=O) groups excluding carboxylic acids is 4. The molecule has 3 atom stereocenters. The lowest BCUT2D eigenvalue weighted by Crippen LogP contribution is -2.76. The second kappa shape index (κ2) is 16.1. The topological polar surface area (TPSA) is 165 Å². The zero-order valence-corrected chi connectivity index (χ0v) is 29.8. The van der Waals surface area contributed by atoms with Gasteiger partial charge >= 0.3 is 18.1 Å². The molecule has 2 unspecified atom stereocenters. The second-order valence-corrected chi connectivity index (χ2v) is 13.7. The van der Waals surface area contributed by atoms with E-state index in [0.29, 0.717) is 5.56 Å². The number of ether oxygens (including phenoxy) is 1. The van der Waals surface area contributed by atoms with Gasteiger partial charge in [0.05, 0.1) is 18.6 Å². The quantitative estimate of drug-likeness (QED) is 0.208. The first-order valence-electron chi connectivity index (χ1n) is 17.5. The van der Waals surface area contributed by atoms with Crippen LogP contribution >= 0.6 is 0 Å². The molecule has 3 aromatic carbocycles. The van der Waals surface area contributed by atoms with Crippen LogP contribution in [0.25, 0.3) is 10.9 Å². The Bertz CT molecular complexity index is 1970. The van der Waals surface area contributed by atoms with Gasteiger partial charge in [-0.1, -0.05) is 80.6 Å². The number of benzene rings is 3. The van der Waals surface area contributed by atoms with E-state index in [4.69, 9.17) is 4.74 Å². The van der Waals surface area contributed by atoms with Crippen LogP contribution in [0.4, 0.5) is 9.59 Å². The van der Waals surface area contributed by atoms with Crippen LogP contribution in [0.1, 0.15) is 37.0 Å². The lowest BCUT2D eigenvalue weighted by atomic mass is 9.98. The van der Waals surface area contributed by atoms with E-state index in [0.717, 1.165) is 22.0 Å². The summed E-state index contributed by atoms with van der Waals surface area (Å²) in [5.41, 5.74) is 3.18. The van der Waals surface area contributed by atoms with Gasteiger partial charge < -0.3 is 30.3 Å². The van der Waals surface area contributed by atoms with Crippen molar-refractivity contribution >= 4 is 40.8 Å². The minimum absolute atomic E-state index is 0.0420. The molecule has 53 heavy (non-hydrogen) atoms. The maximum Gasteiger partial charge on any atom is 0.413 e. The standard InChI is InChI=1S/C39H43N7O7/c1-25(2)19-31(37(49)50)42-39(52)53-30-16-14-26(15-17-30)20-32-36(48)44(22-29-12-7-11-28-13-8-18-40-35(28)29)23-33-45(32)34(47)24-43(3)46(33)38(51)41-21-27-9-5-4-6-10-27/h4-18,25,31-33H,19-24H2,1-3H3,(H,41,51)(H,42,52)(H,49,50)/t31?,32-,33?/m0/s1. The molecule has 5 amide bonds. The molecule has 0 radical (unpaired) electrons. The van der Waals surface area contributed by atoms with Crippen molar-refractivity contribution < 1.29 is 33.8 Å². The van der Waals surface area contributed by atoms with Crippen LogP contribution in [0.3, 0.4) is 0 Å². The van der Waals surface area contributed by atoms with E-state index in [1.54, 1.807) is 47.4 Å². The minimum atomic E-state index is -1.15. The highest BCUT2D eigenvalue weighted by Gasteiger charge is 2.50. The molecule has 3 heterocycles. The van der Waals surface area contributed by atoms with Crippen molar-refractivity contribution in [1.82, 2.24) is 35.4 Å². The van der Waals surface area contributed by atoms with Crippen LogP contribution < -0.4 is 15.4 Å². The van der Waals surface area contributed by atoms with Gasteiger partial charge in [0.25, 0.3) is 0 Å². The van der Waals surface area contributed by atoms with E-state index < -0.39 is 36.3 Å². The second-order valence-electron chi connectivity index (χ2n) is 13.7. The fourth-order valence-electron chi connectivity index (χ4n) is 6.89. The summed E-state index contributed by atoms with van der Waals surface area (Å²) in [5.74, 6) is -1.50. The number of rotatable bonds is 11. The number of aliphatic carboxylic acids is 1. The largest absolute Gasteiger partial charge is 0.480 e. The minimum Gasteiger partial charge on any atom is -0.480 e. The molecule has 14 heteroatoms. The molecule has 0 bridgehead atoms. The third kappa shape index (κ3) is 8.55. The Morgan fingerprint density at radius 1 is 0.943 bits per heavy atom. The molecule has 4 aromatic rings. The number of urea groups is 1. The Morgan fingerprint density at radius 3 is 2.40 bits per heavy atom. The number of hydrazine groups is 1. The van der Waals surface area contributed by atoms with Crippen LogP contribution in [0.15, 0.2) is 91.1 Å². The van der Waals surface area contributed by atoms with Crippen molar-refractivity contribution in [2.24, 2.45) is 5.92 Å². The molecular formula is C39H43N7O7. The number of carboxylic acids is 1. The Balaban J connectivity index is 1.26. The smallest absolute Gasteiger partial charge is 0.413 e. The van der Waals surface area contributed by atoms with Crippen LogP contribution in [0.2, 0.25) is 0 Å². The lowest BCUT2D eigenvalue weighted by Gasteiger charge is -2.54. The number of carbonyl (C=O) groups is 5. The molecule has 0 aliphatic carbocycles. The molecule has 3 N–H and O–H groups in total. The molecule has 2 saturated heterocycles. The number of likely N-dealkylation sites (N-methyl/N-ethyl adjacent to an activating group) is 1. The molecule has 2 aliphatic heterocycles. The summed E-state index contributed by atoms with van der Waals surface area (Å²) in [4.78, 5) is 74.0. The number of nitrogens with one attached hydrogen (secondary N) is 2. The summed E-state index contributed by atoms with van der Waals surface area (Å²) in [7, 11) is 1.68. The van der Waals surface area contributed by atoms with Gasteiger partial charge in [0.2, 0.25) is 11.8 Å². The van der Waals surface area contributed by atoms with Gasteiger partial charge in [-0.25, -0.2) is 24.4 Å². The van der Waals surface area contributed by atoms with E-state index in [2.05, 4.69) is 15.6 Å². The van der Waals surface area contributed by atoms with E-state index in [1.807, 2.05) is 74.5 Å². The van der Waals surface area contributed by atoms with Gasteiger partial charge in [-0.05, 0) is 47.2 Å². The third-order valence-corrected chi connectivity index (χ3v) is 9.37. The van der Waals surface area contributed by atoms with Gasteiger partial charge in [0.15, 0.2) is 0 Å². The van der Waals surface area contributed by atoms with Gasteiger partial charge in [0.1, 0.15) is 24.0 Å². The lowest BCUT2D eigenvalue weighted by molar-refractivity contribution is -0.187. The summed E-state index contributed by atoms with van der Waals surface area (Å²) in [5, 5.41) is 18.9. The molecule has 1 aromatic heterocycles. The molecule has 2 fully saturated rings. The molecule has 0 saturated carbocycles. The van der Waals surface area contributed by atoms with E-state index >= 15 is 0 Å². The average molecular weight is 722 g/mol. The van der Waals surface area contributed by atoms with Gasteiger partial charge in [0, 0.05) is 38.1 Å². The highest BCUT2D eigenvalue weighted by molar-refractivity contribution is 5.92. The molecular weight excluding hydrogens is 678 g/mol. The zero-order valence-electron chi connectivity index (χ0n) is 29.8. The van der Waals surface area contributed by atoms with Crippen LogP contribution in [-0.2, 0) is 33.9 Å². The van der Waals surface area contributed by atoms with Crippen molar-refractivity contribution in [3.8, 4) is 5.75 Å². The Morgan fingerprint density at radius 2 is 1.68 bits per heavy atom. The SMILES string of the molecule is CC(C)CC(NC(=O)Oc1ccc(C[C@H]2C(=O)N(Cc3cccc4cccnc34)CC3N2C(=O)CN(C)N3C(=O)NCc2ccccc2)cc1)C(=O)O. The first-order chi connectivity index (χ1) is 25.5. The molecule has 14 nitrogen and oxygen atoms in total. The molecule has 276 valence electrons. The fourth-order valence-corrected chi connectivity index (χ4v) is 6.89. The Hall–Kier alpha value is -6.02. The van der Waals surface area contributed by atoms with Crippen LogP contribution in [0.5, 0.6) is 5.75 Å². The summed E-state index contributed by atoms with van der Waals surface area (Å²) in [6.07, 6.45) is 0.363. The molecule has 6 rings (SSSR count). The number of para-hydroxylation sites is 1. The predicted molar refractivity (Wildman–Crippen MR) is 195 cm³/mol. The Kier molecular flexibility index (Phi) is 11.2. The number of carboxylic acid groups (broad SMARTS) is 1. The number of fused-ring (bicyclic) bond motifs is 2. The fraction of sp³-hybridized carbons (Fsp3) is 0.333. The average Bonchev–Trinajstić information content (AvgIpc) is 3.13. The maximum atomic E-state index is 14.4. The van der Waals surface area contributed by atoms with Crippen molar-refractivity contribution in [1.29, 1.82) is 0 Å². The first kappa shape index (κ1) is 36.8. The number of pyridine rings is 1. The number of aromatic nitrogens is 1. The number of hydrogen-bond acceptors (Lipinski definition) is 8. The summed E-state index contributed by atoms with van der Waals surface area (Å²) in [6, 6.07) is 23.1. The molecule has 0 spiro atoms. The monoisotopic (exact) mass is 721 g/mol. The van der Waals surface area contributed by atoms with Crippen molar-refractivity contribution in [3.05, 3.63) is 108 Å². The number of hydrogen-bond donors (Lipinski definition) is 3. The van der Waals surface area contributed by atoms with Gasteiger partial charge in [-0.2, -0.15) is 0 Å². The maximum absolute atomic E-state index is 14.4. The van der Waals surface area contributed by atoms with Crippen LogP contribution in [-0.4, -0.2) is 98.2 Å². The highest BCUT2D eigenvalue weighted by Crippen LogP contribution is 2.30. The normalized spacial score (nSPS) is 18.2. The first-order valence-corrected chi connectivity index (χ1v) is 17.5. The number of amides is 5. The van der Waals surface area contributed by atoms with E-state index in [-0.39, 0.29) is 62.5 Å². The van der Waals surface area contributed by atoms with Crippen molar-refractivity contribution in [3.63, 3.8) is 0 Å². The predicted octanol–water partition coefficient (Wildman–Crippen LogP) is 4.00. The van der Waals surface area contributed by atoms with Crippen LogP contribution in [0, 0.1) is 5.92 Å². The van der Waals surface area contributed by atoms with Crippen molar-refractivity contribution in [2.75, 3.05) is 20.1 Å². The summed E-state index contributed by atoms with van der Waals surface area (Å²) < 4.78 is 5.36. The Labute approximate surface area is 307 Å².